The average molecular weight is 461 g/mol. The van der Waals surface area contributed by atoms with Crippen LogP contribution in [0.4, 0.5) is 10.8 Å². The van der Waals surface area contributed by atoms with Gasteiger partial charge in [0, 0.05) is 33.6 Å². The van der Waals surface area contributed by atoms with Crippen LogP contribution in [0.1, 0.15) is 26.4 Å². The van der Waals surface area contributed by atoms with Gasteiger partial charge in [0.05, 0.1) is 16.2 Å². The second kappa shape index (κ2) is 7.64. The number of benzene rings is 2. The lowest BCUT2D eigenvalue weighted by Crippen LogP contribution is -2.37. The molecule has 2 aromatic carbocycles. The third-order valence-electron chi connectivity index (χ3n) is 5.38. The highest BCUT2D eigenvalue weighted by molar-refractivity contribution is 7.14. The van der Waals surface area contributed by atoms with Gasteiger partial charge in [0.15, 0.2) is 5.13 Å². The highest BCUT2D eigenvalue weighted by atomic mass is 32.1. The van der Waals surface area contributed by atoms with Gasteiger partial charge in [-0.3, -0.25) is 29.4 Å². The quantitative estimate of drug-likeness (QED) is 0.264. The van der Waals surface area contributed by atoms with Gasteiger partial charge in [0.1, 0.15) is 12.1 Å². The lowest BCUT2D eigenvalue weighted by atomic mass is 10.1. The van der Waals surface area contributed by atoms with E-state index in [1.165, 1.54) is 23.5 Å². The second-order valence-electron chi connectivity index (χ2n) is 7.41. The topological polar surface area (TPSA) is 138 Å². The van der Waals surface area contributed by atoms with E-state index >= 15 is 0 Å². The summed E-state index contributed by atoms with van der Waals surface area (Å²) in [6, 6.07) is 11.6. The number of anilines is 1. The van der Waals surface area contributed by atoms with Crippen molar-refractivity contribution in [2.45, 2.75) is 6.92 Å². The number of imide groups is 1. The van der Waals surface area contributed by atoms with E-state index in [0.717, 1.165) is 28.2 Å². The minimum Gasteiger partial charge on any atom is -0.358 e. The predicted molar refractivity (Wildman–Crippen MR) is 121 cm³/mol. The van der Waals surface area contributed by atoms with Gasteiger partial charge in [0.25, 0.3) is 17.5 Å². The highest BCUT2D eigenvalue weighted by Gasteiger charge is 2.41. The fraction of sp³-hybridized carbons (Fsp3) is 0.0909. The maximum Gasteiger partial charge on any atom is 0.282 e. The molecule has 33 heavy (non-hydrogen) atoms. The van der Waals surface area contributed by atoms with Crippen molar-refractivity contribution in [3.63, 3.8) is 0 Å². The van der Waals surface area contributed by atoms with Gasteiger partial charge in [-0.15, -0.1) is 11.3 Å². The van der Waals surface area contributed by atoms with Gasteiger partial charge in [-0.2, -0.15) is 0 Å². The lowest BCUT2D eigenvalue weighted by molar-refractivity contribution is -0.385. The molecular weight excluding hydrogens is 446 g/mol. The Balaban J connectivity index is 1.35. The van der Waals surface area contributed by atoms with Gasteiger partial charge < -0.3 is 10.3 Å². The van der Waals surface area contributed by atoms with Crippen LogP contribution >= 0.6 is 11.3 Å². The zero-order chi connectivity index (χ0) is 23.3. The number of amides is 3. The molecule has 0 atom stereocenters. The highest BCUT2D eigenvalue weighted by Crippen LogP contribution is 2.34. The minimum atomic E-state index is -0.869. The molecule has 0 unspecified atom stereocenters. The van der Waals surface area contributed by atoms with E-state index in [0.29, 0.717) is 15.7 Å². The summed E-state index contributed by atoms with van der Waals surface area (Å²) in [6.45, 7) is 1.36. The Morgan fingerprint density at radius 2 is 1.94 bits per heavy atom. The molecule has 0 saturated carbocycles. The molecule has 0 spiro atoms. The van der Waals surface area contributed by atoms with Crippen LogP contribution in [0.3, 0.4) is 0 Å². The van der Waals surface area contributed by atoms with Crippen molar-refractivity contribution in [3.8, 4) is 11.3 Å². The van der Waals surface area contributed by atoms with Crippen molar-refractivity contribution in [2.24, 2.45) is 0 Å². The van der Waals surface area contributed by atoms with Crippen LogP contribution in [-0.4, -0.2) is 44.1 Å². The maximum absolute atomic E-state index is 12.6. The van der Waals surface area contributed by atoms with Gasteiger partial charge in [-0.05, 0) is 19.1 Å². The summed E-state index contributed by atoms with van der Waals surface area (Å²) >= 11 is 1.21. The normalized spacial score (nSPS) is 12.9. The number of hydrogen-bond acceptors (Lipinski definition) is 7. The Kier molecular flexibility index (Phi) is 4.75. The van der Waals surface area contributed by atoms with Crippen molar-refractivity contribution in [1.82, 2.24) is 14.9 Å². The number of thiazole rings is 1. The molecule has 4 aromatic rings. The van der Waals surface area contributed by atoms with Gasteiger partial charge in [-0.1, -0.05) is 24.3 Å². The van der Waals surface area contributed by atoms with E-state index in [9.17, 15) is 24.5 Å². The van der Waals surface area contributed by atoms with Crippen LogP contribution in [0, 0.1) is 17.0 Å². The summed E-state index contributed by atoms with van der Waals surface area (Å²) < 4.78 is 0. The summed E-state index contributed by atoms with van der Waals surface area (Å²) in [5.74, 6) is -2.25. The van der Waals surface area contributed by atoms with Crippen LogP contribution < -0.4 is 5.32 Å². The molecule has 0 bridgehead atoms. The molecule has 2 N–H and O–H groups in total. The van der Waals surface area contributed by atoms with Crippen molar-refractivity contribution in [1.29, 1.82) is 0 Å². The number of aromatic amines is 1. The Morgan fingerprint density at radius 3 is 2.73 bits per heavy atom. The number of nitro groups is 1. The molecule has 0 fully saturated rings. The summed E-state index contributed by atoms with van der Waals surface area (Å²) in [4.78, 5) is 56.8. The Bertz CT molecular complexity index is 1490. The van der Waals surface area contributed by atoms with Crippen LogP contribution in [0.2, 0.25) is 0 Å². The molecule has 0 saturated heterocycles. The van der Waals surface area contributed by atoms with Crippen LogP contribution in [0.15, 0.2) is 47.8 Å². The fourth-order valence-electron chi connectivity index (χ4n) is 3.97. The number of rotatable bonds is 5. The number of nitrogens with zero attached hydrogens (tertiary/aromatic N) is 3. The van der Waals surface area contributed by atoms with Crippen molar-refractivity contribution >= 4 is 50.8 Å². The number of H-pyrrole nitrogens is 1. The first-order valence-electron chi connectivity index (χ1n) is 9.82. The van der Waals surface area contributed by atoms with Gasteiger partial charge in [-0.25, -0.2) is 4.98 Å². The number of aryl methyl sites for hydroxylation is 1. The van der Waals surface area contributed by atoms with E-state index in [1.54, 1.807) is 0 Å². The van der Waals surface area contributed by atoms with E-state index in [1.807, 2.05) is 36.6 Å². The first-order chi connectivity index (χ1) is 15.8. The number of fused-ring (bicyclic) bond motifs is 2. The van der Waals surface area contributed by atoms with E-state index in [4.69, 9.17) is 0 Å². The molecular formula is C22H15N5O5S. The van der Waals surface area contributed by atoms with E-state index < -0.39 is 34.9 Å². The zero-order valence-electron chi connectivity index (χ0n) is 17.1. The van der Waals surface area contributed by atoms with Crippen LogP contribution in [0.5, 0.6) is 0 Å². The van der Waals surface area contributed by atoms with Crippen molar-refractivity contribution in [3.05, 3.63) is 74.8 Å². The average Bonchev–Trinajstić information content (AvgIpc) is 3.44. The van der Waals surface area contributed by atoms with Gasteiger partial charge in [0.2, 0.25) is 5.91 Å². The van der Waals surface area contributed by atoms with E-state index in [-0.39, 0.29) is 11.1 Å². The maximum atomic E-state index is 12.6. The molecule has 5 rings (SSSR count). The summed E-state index contributed by atoms with van der Waals surface area (Å²) in [5, 5.41) is 16.9. The summed E-state index contributed by atoms with van der Waals surface area (Å²) in [6.07, 6.45) is 0. The molecule has 11 heteroatoms. The first kappa shape index (κ1) is 20.5. The standard InChI is InChI=1S/C22H15N5O5S/c1-11-18(12-5-2-3-7-14(12)23-11)15-10-33-22(24-15)25-17(28)9-26-20(29)13-6-4-8-16(27(31)32)19(13)21(26)30/h2-8,10,23H,9H2,1H3,(H,24,25,28). The monoisotopic (exact) mass is 461 g/mol. The number of carbonyl (C=O) groups excluding carboxylic acids is 3. The predicted octanol–water partition coefficient (Wildman–Crippen LogP) is 3.74. The molecule has 1 aliphatic heterocycles. The number of carbonyl (C=O) groups is 3. The smallest absolute Gasteiger partial charge is 0.282 e. The Hall–Kier alpha value is -4.38. The van der Waals surface area contributed by atoms with Crippen molar-refractivity contribution in [2.75, 3.05) is 11.9 Å². The third kappa shape index (κ3) is 3.34. The third-order valence-corrected chi connectivity index (χ3v) is 6.13. The first-order valence-corrected chi connectivity index (χ1v) is 10.7. The molecule has 10 nitrogen and oxygen atoms in total. The number of nitrogens with one attached hydrogen (secondary N) is 2. The minimum absolute atomic E-state index is 0.0895. The van der Waals surface area contributed by atoms with E-state index in [2.05, 4.69) is 15.3 Å². The van der Waals surface area contributed by atoms with Crippen LogP contribution in [0.25, 0.3) is 22.2 Å². The molecule has 2 aromatic heterocycles. The molecule has 0 aliphatic carbocycles. The second-order valence-corrected chi connectivity index (χ2v) is 8.27. The Labute approximate surface area is 190 Å². The zero-order valence-corrected chi connectivity index (χ0v) is 17.9. The molecule has 164 valence electrons. The van der Waals surface area contributed by atoms with Gasteiger partial charge >= 0.3 is 0 Å². The molecule has 1 aliphatic rings. The SMILES string of the molecule is Cc1[nH]c2ccccc2c1-c1csc(NC(=O)CN2C(=O)c3cccc([N+](=O)[O-])c3C2=O)n1. The Morgan fingerprint density at radius 1 is 1.15 bits per heavy atom. The number of nitro benzene ring substituents is 1. The summed E-state index contributed by atoms with van der Waals surface area (Å²) in [5.41, 5.74) is 2.67. The van der Waals surface area contributed by atoms with Crippen molar-refractivity contribution < 1.29 is 19.3 Å². The summed E-state index contributed by atoms with van der Waals surface area (Å²) in [7, 11) is 0. The number of aromatic nitrogens is 2. The van der Waals surface area contributed by atoms with Crippen LogP contribution in [-0.2, 0) is 4.79 Å². The molecule has 0 radical (unpaired) electrons. The number of para-hydroxylation sites is 1. The lowest BCUT2D eigenvalue weighted by Gasteiger charge is -2.12. The number of hydrogen-bond donors (Lipinski definition) is 2. The molecule has 3 amide bonds. The fourth-order valence-corrected chi connectivity index (χ4v) is 4.68. The largest absolute Gasteiger partial charge is 0.358 e. The molecule has 3 heterocycles.